The van der Waals surface area contributed by atoms with Crippen molar-refractivity contribution in [3.05, 3.63) is 76.7 Å². The summed E-state index contributed by atoms with van der Waals surface area (Å²) in [5.74, 6) is 0.199. The molecule has 4 aromatic rings. The largest absolute Gasteiger partial charge is 0.325 e. The number of aromatic amines is 1. The van der Waals surface area contributed by atoms with Crippen molar-refractivity contribution >= 4 is 29.3 Å². The quantitative estimate of drug-likeness (QED) is 0.350. The van der Waals surface area contributed by atoms with Crippen molar-refractivity contribution in [1.29, 1.82) is 0 Å². The van der Waals surface area contributed by atoms with Crippen LogP contribution in [0.1, 0.15) is 37.3 Å². The molecule has 35 heavy (non-hydrogen) atoms. The predicted octanol–water partition coefficient (Wildman–Crippen LogP) is 3.27. The molecule has 1 atom stereocenters. The third-order valence-electron chi connectivity index (χ3n) is 5.77. The highest BCUT2D eigenvalue weighted by molar-refractivity contribution is 7.99. The Kier molecular flexibility index (Phi) is 5.81. The number of para-hydroxylation sites is 1. The van der Waals surface area contributed by atoms with Crippen LogP contribution in [-0.4, -0.2) is 37.4 Å². The van der Waals surface area contributed by atoms with E-state index in [0.717, 1.165) is 5.56 Å². The van der Waals surface area contributed by atoms with Crippen LogP contribution in [0, 0.1) is 0 Å². The highest BCUT2D eigenvalue weighted by atomic mass is 32.2. The molecule has 1 amide bonds. The summed E-state index contributed by atoms with van der Waals surface area (Å²) in [6, 6.07) is 16.7. The van der Waals surface area contributed by atoms with E-state index in [0.29, 0.717) is 39.1 Å². The first kappa shape index (κ1) is 22.7. The molecule has 10 heteroatoms. The van der Waals surface area contributed by atoms with Gasteiger partial charge in [-0.3, -0.25) is 19.4 Å². The predicted molar refractivity (Wildman–Crippen MR) is 132 cm³/mol. The molecular formula is C25H23N6O3S+. The first-order valence-electron chi connectivity index (χ1n) is 11.1. The fourth-order valence-corrected chi connectivity index (χ4v) is 4.94. The molecule has 1 aliphatic rings. The average molecular weight is 488 g/mol. The second-order valence-electron chi connectivity index (χ2n) is 8.03. The van der Waals surface area contributed by atoms with Crippen LogP contribution in [0.5, 0.6) is 0 Å². The molecule has 0 saturated heterocycles. The highest BCUT2D eigenvalue weighted by Gasteiger charge is 2.46. The molecule has 9 nitrogen and oxygen atoms in total. The van der Waals surface area contributed by atoms with E-state index < -0.39 is 6.17 Å². The van der Waals surface area contributed by atoms with E-state index in [2.05, 4.69) is 10.1 Å². The normalized spacial score (nSPS) is 14.4. The maximum atomic E-state index is 13.3. The number of nitrogens with one attached hydrogen (secondary N) is 1. The standard InChI is InChI=1S/C25H22N6O3S/c1-4-35-25-26-23(34)22-18-12-8-9-13-20(18)30(16(3)33)24(31(22)28-25)19-14-29(15(2)32)27-21(19)17-10-6-5-7-11-17/h5-14,24H,4H2,1-3H3/p+1/t24-/m0/s1. The molecule has 0 spiro atoms. The number of carbonyl (C=O) groups is 2. The van der Waals surface area contributed by atoms with E-state index in [1.165, 1.54) is 30.3 Å². The van der Waals surface area contributed by atoms with Gasteiger partial charge < -0.3 is 0 Å². The number of carbonyl (C=O) groups excluding carboxylic acids is 2. The smallest absolute Gasteiger partial charge is 0.291 e. The number of aromatic nitrogens is 5. The summed E-state index contributed by atoms with van der Waals surface area (Å²) in [6.07, 6.45) is 0.782. The number of nitrogens with zero attached hydrogens (tertiary/aromatic N) is 5. The molecule has 176 valence electrons. The Hall–Kier alpha value is -4.05. The van der Waals surface area contributed by atoms with Crippen LogP contribution in [0.3, 0.4) is 0 Å². The summed E-state index contributed by atoms with van der Waals surface area (Å²) in [5, 5.41) is 9.75. The fraction of sp³-hybridized carbons (Fsp3) is 0.200. The van der Waals surface area contributed by atoms with Gasteiger partial charge in [-0.15, -0.1) is 0 Å². The Balaban J connectivity index is 1.87. The molecule has 1 aliphatic heterocycles. The van der Waals surface area contributed by atoms with Gasteiger partial charge in [0.15, 0.2) is 0 Å². The van der Waals surface area contributed by atoms with Crippen molar-refractivity contribution in [2.45, 2.75) is 32.1 Å². The molecule has 2 aromatic carbocycles. The minimum atomic E-state index is -0.834. The summed E-state index contributed by atoms with van der Waals surface area (Å²) >= 11 is 1.40. The zero-order valence-electron chi connectivity index (χ0n) is 19.4. The van der Waals surface area contributed by atoms with Gasteiger partial charge in [0.05, 0.1) is 16.8 Å². The molecule has 2 aromatic heterocycles. The second-order valence-corrected chi connectivity index (χ2v) is 9.28. The van der Waals surface area contributed by atoms with Gasteiger partial charge in [-0.05, 0) is 22.6 Å². The van der Waals surface area contributed by atoms with Gasteiger partial charge in [0.25, 0.3) is 6.17 Å². The maximum absolute atomic E-state index is 13.3. The van der Waals surface area contributed by atoms with Crippen molar-refractivity contribution in [3.8, 4) is 22.5 Å². The minimum absolute atomic E-state index is 0.234. The number of hydrogen-bond donors (Lipinski definition) is 1. The van der Waals surface area contributed by atoms with Crippen LogP contribution >= 0.6 is 11.8 Å². The molecule has 0 aliphatic carbocycles. The lowest BCUT2D eigenvalue weighted by Gasteiger charge is -2.31. The number of thioether (sulfide) groups is 1. The zero-order valence-corrected chi connectivity index (χ0v) is 20.2. The third-order valence-corrected chi connectivity index (χ3v) is 6.51. The van der Waals surface area contributed by atoms with Crippen molar-refractivity contribution in [2.75, 3.05) is 10.7 Å². The number of rotatable bonds is 4. The lowest BCUT2D eigenvalue weighted by atomic mass is 10.00. The second kappa shape index (κ2) is 8.95. The first-order valence-corrected chi connectivity index (χ1v) is 12.1. The lowest BCUT2D eigenvalue weighted by molar-refractivity contribution is -0.763. The Labute approximate surface area is 205 Å². The molecule has 0 bridgehead atoms. The Morgan fingerprint density at radius 2 is 1.77 bits per heavy atom. The monoisotopic (exact) mass is 487 g/mol. The Morgan fingerprint density at radius 3 is 2.46 bits per heavy atom. The topological polar surface area (TPSA) is 105 Å². The van der Waals surface area contributed by atoms with Gasteiger partial charge in [0.2, 0.25) is 17.0 Å². The van der Waals surface area contributed by atoms with Crippen molar-refractivity contribution in [1.82, 2.24) is 19.9 Å². The zero-order chi connectivity index (χ0) is 24.7. The van der Waals surface area contributed by atoms with Crippen LogP contribution in [0.4, 0.5) is 5.69 Å². The van der Waals surface area contributed by atoms with Gasteiger partial charge in [0.1, 0.15) is 5.69 Å². The summed E-state index contributed by atoms with van der Waals surface area (Å²) in [5.41, 5.74) is 3.09. The van der Waals surface area contributed by atoms with E-state index >= 15 is 0 Å². The number of amides is 1. The van der Waals surface area contributed by atoms with E-state index in [1.54, 1.807) is 27.9 Å². The SMILES string of the molecule is CCSc1n[n+]2c(c(=O)[nH]1)-c1ccccc1N(C(C)=O)[C@@H]2c1cn(C(C)=O)nc1-c1ccccc1. The van der Waals surface area contributed by atoms with Crippen molar-refractivity contribution in [2.24, 2.45) is 0 Å². The molecule has 5 rings (SSSR count). The number of benzene rings is 2. The van der Waals surface area contributed by atoms with E-state index in [4.69, 9.17) is 5.10 Å². The molecular weight excluding hydrogens is 464 g/mol. The first-order chi connectivity index (χ1) is 16.9. The summed E-state index contributed by atoms with van der Waals surface area (Å²) in [6.45, 7) is 4.86. The molecule has 0 fully saturated rings. The molecule has 0 radical (unpaired) electrons. The van der Waals surface area contributed by atoms with Gasteiger partial charge in [-0.1, -0.05) is 61.2 Å². The number of anilines is 1. The Bertz CT molecular complexity index is 1510. The van der Waals surface area contributed by atoms with Crippen molar-refractivity contribution in [3.63, 3.8) is 0 Å². The highest BCUT2D eigenvalue weighted by Crippen LogP contribution is 2.39. The van der Waals surface area contributed by atoms with E-state index in [9.17, 15) is 14.4 Å². The van der Waals surface area contributed by atoms with E-state index in [1.807, 2.05) is 49.4 Å². The maximum Gasteiger partial charge on any atom is 0.325 e. The van der Waals surface area contributed by atoms with Crippen LogP contribution in [0.25, 0.3) is 22.5 Å². The summed E-state index contributed by atoms with van der Waals surface area (Å²) < 4.78 is 2.83. The minimum Gasteiger partial charge on any atom is -0.291 e. The number of hydrogen-bond acceptors (Lipinski definition) is 6. The van der Waals surface area contributed by atoms with Gasteiger partial charge in [0, 0.05) is 30.7 Å². The third kappa shape index (κ3) is 3.85. The Morgan fingerprint density at radius 1 is 1.06 bits per heavy atom. The van der Waals surface area contributed by atoms with Gasteiger partial charge in [-0.25, -0.2) is 9.58 Å². The van der Waals surface area contributed by atoms with Gasteiger partial charge >= 0.3 is 11.3 Å². The van der Waals surface area contributed by atoms with Crippen LogP contribution in [-0.2, 0) is 4.79 Å². The lowest BCUT2D eigenvalue weighted by Crippen LogP contribution is -2.60. The molecule has 3 heterocycles. The number of fused-ring (bicyclic) bond motifs is 3. The van der Waals surface area contributed by atoms with Crippen LogP contribution in [0.15, 0.2) is 70.7 Å². The van der Waals surface area contributed by atoms with Gasteiger partial charge in [-0.2, -0.15) is 5.10 Å². The van der Waals surface area contributed by atoms with E-state index in [-0.39, 0.29) is 17.4 Å². The summed E-state index contributed by atoms with van der Waals surface area (Å²) in [4.78, 5) is 43.3. The molecule has 1 N–H and O–H groups in total. The fourth-order valence-electron chi connectivity index (χ4n) is 4.35. The van der Waals surface area contributed by atoms with Crippen LogP contribution < -0.4 is 15.1 Å². The summed E-state index contributed by atoms with van der Waals surface area (Å²) in [7, 11) is 0. The average Bonchev–Trinajstić information content (AvgIpc) is 3.29. The number of H-pyrrole nitrogens is 1. The van der Waals surface area contributed by atoms with Crippen LogP contribution in [0.2, 0.25) is 0 Å². The van der Waals surface area contributed by atoms with Crippen molar-refractivity contribution < 1.29 is 14.3 Å². The molecule has 0 saturated carbocycles. The molecule has 0 unspecified atom stereocenters.